The van der Waals surface area contributed by atoms with E-state index in [0.717, 1.165) is 24.2 Å². The molecule has 5 heteroatoms. The van der Waals surface area contributed by atoms with Crippen LogP contribution in [0.25, 0.3) is 0 Å². The van der Waals surface area contributed by atoms with Gasteiger partial charge in [0.25, 0.3) is 0 Å². The maximum Gasteiger partial charge on any atom is 0.322 e. The third-order valence-corrected chi connectivity index (χ3v) is 3.09. The second-order valence-corrected chi connectivity index (χ2v) is 4.15. The average Bonchev–Trinajstić information content (AvgIpc) is 2.68. The van der Waals surface area contributed by atoms with Gasteiger partial charge in [0.15, 0.2) is 0 Å². The Balaban J connectivity index is 2.16. The van der Waals surface area contributed by atoms with Crippen LogP contribution in [0.5, 0.6) is 0 Å². The first-order chi connectivity index (χ1) is 8.11. The maximum atomic E-state index is 13.2. The van der Waals surface area contributed by atoms with Crippen LogP contribution in [0.15, 0.2) is 18.2 Å². The van der Waals surface area contributed by atoms with Crippen LogP contribution >= 0.6 is 0 Å². The van der Waals surface area contributed by atoms with Crippen molar-refractivity contribution < 1.29 is 14.3 Å². The topological polar surface area (TPSA) is 52.6 Å². The van der Waals surface area contributed by atoms with E-state index in [1.165, 1.54) is 12.1 Å². The molecule has 1 heterocycles. The van der Waals surface area contributed by atoms with Crippen LogP contribution in [-0.2, 0) is 11.2 Å². The number of hydrogen-bond acceptors (Lipinski definition) is 3. The van der Waals surface area contributed by atoms with Gasteiger partial charge in [0, 0.05) is 18.8 Å². The summed E-state index contributed by atoms with van der Waals surface area (Å²) in [5, 5.41) is 11.7. The molecule has 2 N–H and O–H groups in total. The van der Waals surface area contributed by atoms with Crippen LogP contribution in [0, 0.1) is 5.82 Å². The van der Waals surface area contributed by atoms with Crippen molar-refractivity contribution in [1.82, 2.24) is 5.32 Å². The fraction of sp³-hybridized carbons (Fsp3) is 0.417. The van der Waals surface area contributed by atoms with Gasteiger partial charge >= 0.3 is 5.97 Å². The molecule has 0 aliphatic carbocycles. The summed E-state index contributed by atoms with van der Waals surface area (Å²) in [7, 11) is 1.61. The van der Waals surface area contributed by atoms with Gasteiger partial charge in [-0.05, 0) is 31.2 Å². The lowest BCUT2D eigenvalue weighted by atomic mass is 10.1. The Morgan fingerprint density at radius 2 is 2.41 bits per heavy atom. The SMILES string of the molecule is CNC(CN1CCc2ccc(F)cc21)C(=O)O. The van der Waals surface area contributed by atoms with Gasteiger partial charge in [-0.2, -0.15) is 0 Å². The Bertz CT molecular complexity index is 437. The molecule has 1 aromatic rings. The highest BCUT2D eigenvalue weighted by Gasteiger charge is 2.24. The molecular weight excluding hydrogens is 223 g/mol. The van der Waals surface area contributed by atoms with Crippen molar-refractivity contribution in [3.63, 3.8) is 0 Å². The third-order valence-electron chi connectivity index (χ3n) is 3.09. The summed E-state index contributed by atoms with van der Waals surface area (Å²) in [5.41, 5.74) is 1.89. The quantitative estimate of drug-likeness (QED) is 0.817. The summed E-state index contributed by atoms with van der Waals surface area (Å²) >= 11 is 0. The Kier molecular flexibility index (Phi) is 3.28. The highest BCUT2D eigenvalue weighted by Crippen LogP contribution is 2.28. The molecule has 0 saturated heterocycles. The molecule has 4 nitrogen and oxygen atoms in total. The zero-order chi connectivity index (χ0) is 12.4. The number of halogens is 1. The van der Waals surface area contributed by atoms with Gasteiger partial charge in [-0.15, -0.1) is 0 Å². The van der Waals surface area contributed by atoms with Gasteiger partial charge in [-0.1, -0.05) is 6.07 Å². The summed E-state index contributed by atoms with van der Waals surface area (Å²) in [6.07, 6.45) is 0.839. The number of anilines is 1. The molecule has 0 radical (unpaired) electrons. The van der Waals surface area contributed by atoms with E-state index in [9.17, 15) is 9.18 Å². The van der Waals surface area contributed by atoms with Gasteiger partial charge in [0.2, 0.25) is 0 Å². The number of rotatable bonds is 4. The summed E-state index contributed by atoms with van der Waals surface area (Å²) in [6, 6.07) is 4.04. The number of nitrogens with zero attached hydrogens (tertiary/aromatic N) is 1. The van der Waals surface area contributed by atoms with Crippen molar-refractivity contribution in [2.24, 2.45) is 0 Å². The van der Waals surface area contributed by atoms with Crippen molar-refractivity contribution in [2.45, 2.75) is 12.5 Å². The van der Waals surface area contributed by atoms with E-state index in [1.807, 2.05) is 4.90 Å². The molecule has 1 unspecified atom stereocenters. The lowest BCUT2D eigenvalue weighted by molar-refractivity contribution is -0.139. The number of nitrogens with one attached hydrogen (secondary N) is 1. The van der Waals surface area contributed by atoms with E-state index >= 15 is 0 Å². The zero-order valence-electron chi connectivity index (χ0n) is 9.61. The second-order valence-electron chi connectivity index (χ2n) is 4.15. The van der Waals surface area contributed by atoms with Crippen molar-refractivity contribution in [2.75, 3.05) is 25.0 Å². The summed E-state index contributed by atoms with van der Waals surface area (Å²) < 4.78 is 13.2. The Labute approximate surface area is 99.0 Å². The first-order valence-electron chi connectivity index (χ1n) is 5.55. The highest BCUT2D eigenvalue weighted by atomic mass is 19.1. The molecule has 92 valence electrons. The minimum atomic E-state index is -0.891. The average molecular weight is 238 g/mol. The highest BCUT2D eigenvalue weighted by molar-refractivity contribution is 5.75. The molecule has 1 atom stereocenters. The van der Waals surface area contributed by atoms with Gasteiger partial charge < -0.3 is 15.3 Å². The number of benzene rings is 1. The molecule has 0 saturated carbocycles. The summed E-state index contributed by atoms with van der Waals surface area (Å²) in [6.45, 7) is 1.09. The summed E-state index contributed by atoms with van der Waals surface area (Å²) in [5.74, 6) is -1.18. The molecule has 0 fully saturated rings. The van der Waals surface area contributed by atoms with E-state index < -0.39 is 12.0 Å². The Morgan fingerprint density at radius 1 is 1.65 bits per heavy atom. The number of carboxylic acids is 1. The molecule has 2 rings (SSSR count). The zero-order valence-corrected chi connectivity index (χ0v) is 9.61. The standard InChI is InChI=1S/C12H15FN2O2/c1-14-10(12(16)17)7-15-5-4-8-2-3-9(13)6-11(8)15/h2-3,6,10,14H,4-5,7H2,1H3,(H,16,17). The first kappa shape index (κ1) is 11.9. The van der Waals surface area contributed by atoms with Crippen molar-refractivity contribution in [3.8, 4) is 0 Å². The second kappa shape index (κ2) is 4.71. The molecule has 0 amide bonds. The fourth-order valence-corrected chi connectivity index (χ4v) is 2.12. The maximum absolute atomic E-state index is 13.2. The normalized spacial score (nSPS) is 15.8. The molecule has 1 aromatic carbocycles. The smallest absolute Gasteiger partial charge is 0.322 e. The molecule has 1 aliphatic rings. The van der Waals surface area contributed by atoms with E-state index in [1.54, 1.807) is 13.1 Å². The number of carboxylic acid groups (broad SMARTS) is 1. The third kappa shape index (κ3) is 2.39. The van der Waals surface area contributed by atoms with Crippen LogP contribution in [0.1, 0.15) is 5.56 Å². The number of likely N-dealkylation sites (N-methyl/N-ethyl adjacent to an activating group) is 1. The predicted molar refractivity (Wildman–Crippen MR) is 62.8 cm³/mol. The van der Waals surface area contributed by atoms with Crippen LogP contribution in [-0.4, -0.2) is 37.3 Å². The van der Waals surface area contributed by atoms with E-state index in [2.05, 4.69) is 5.32 Å². The number of hydrogen-bond donors (Lipinski definition) is 2. The summed E-state index contributed by atoms with van der Waals surface area (Å²) in [4.78, 5) is 12.8. The molecule has 0 bridgehead atoms. The molecule has 0 aromatic heterocycles. The van der Waals surface area contributed by atoms with Crippen molar-refractivity contribution >= 4 is 11.7 Å². The Hall–Kier alpha value is -1.62. The predicted octanol–water partition coefficient (Wildman–Crippen LogP) is 0.861. The van der Waals surface area contributed by atoms with E-state index in [4.69, 9.17) is 5.11 Å². The van der Waals surface area contributed by atoms with Crippen LogP contribution in [0.2, 0.25) is 0 Å². The van der Waals surface area contributed by atoms with Gasteiger partial charge in [-0.3, -0.25) is 4.79 Å². The van der Waals surface area contributed by atoms with Crippen LogP contribution < -0.4 is 10.2 Å². The largest absolute Gasteiger partial charge is 0.480 e. The van der Waals surface area contributed by atoms with Gasteiger partial charge in [-0.25, -0.2) is 4.39 Å². The fourth-order valence-electron chi connectivity index (χ4n) is 2.12. The lowest BCUT2D eigenvalue weighted by Crippen LogP contribution is -2.44. The molecular formula is C12H15FN2O2. The number of aliphatic carboxylic acids is 1. The monoisotopic (exact) mass is 238 g/mol. The van der Waals surface area contributed by atoms with Crippen LogP contribution in [0.3, 0.4) is 0 Å². The minimum Gasteiger partial charge on any atom is -0.480 e. The van der Waals surface area contributed by atoms with Gasteiger partial charge in [0.05, 0.1) is 0 Å². The molecule has 17 heavy (non-hydrogen) atoms. The molecule has 0 spiro atoms. The van der Waals surface area contributed by atoms with Crippen molar-refractivity contribution in [3.05, 3.63) is 29.6 Å². The number of fused-ring (bicyclic) bond motifs is 1. The van der Waals surface area contributed by atoms with E-state index in [0.29, 0.717) is 6.54 Å². The minimum absolute atomic E-state index is 0.285. The van der Waals surface area contributed by atoms with Crippen molar-refractivity contribution in [1.29, 1.82) is 0 Å². The molecule has 1 aliphatic heterocycles. The number of carbonyl (C=O) groups is 1. The van der Waals surface area contributed by atoms with Crippen LogP contribution in [0.4, 0.5) is 10.1 Å². The Morgan fingerprint density at radius 3 is 3.06 bits per heavy atom. The lowest BCUT2D eigenvalue weighted by Gasteiger charge is -2.23. The first-order valence-corrected chi connectivity index (χ1v) is 5.55. The van der Waals surface area contributed by atoms with E-state index in [-0.39, 0.29) is 5.82 Å². The van der Waals surface area contributed by atoms with Gasteiger partial charge in [0.1, 0.15) is 11.9 Å².